The van der Waals surface area contributed by atoms with Crippen molar-refractivity contribution in [3.8, 4) is 0 Å². The van der Waals surface area contributed by atoms with E-state index in [0.29, 0.717) is 11.6 Å². The van der Waals surface area contributed by atoms with Crippen LogP contribution in [0.25, 0.3) is 0 Å². The zero-order valence-electron chi connectivity index (χ0n) is 9.51. The summed E-state index contributed by atoms with van der Waals surface area (Å²) in [5.74, 6) is -0.941. The van der Waals surface area contributed by atoms with Gasteiger partial charge in [-0.3, -0.25) is 4.79 Å². The fourth-order valence-electron chi connectivity index (χ4n) is 1.82. The van der Waals surface area contributed by atoms with Gasteiger partial charge >= 0.3 is 12.1 Å². The molecule has 6 heteroatoms. The number of carboxylic acid groups (broad SMARTS) is 1. The van der Waals surface area contributed by atoms with Crippen molar-refractivity contribution in [2.75, 3.05) is 13.1 Å². The van der Waals surface area contributed by atoms with E-state index in [2.05, 4.69) is 0 Å². The van der Waals surface area contributed by atoms with Gasteiger partial charge in [-0.2, -0.15) is 0 Å². The fraction of sp³-hybridized carbons (Fsp3) is 0.333. The average molecular weight is 270 g/mol. The van der Waals surface area contributed by atoms with Crippen LogP contribution in [0.4, 0.5) is 4.79 Å². The SMILES string of the molecule is O=C(O)CCN1CC(c2ccccc2Cl)OC1=O. The molecule has 0 aliphatic carbocycles. The number of hydrogen-bond donors (Lipinski definition) is 1. The van der Waals surface area contributed by atoms with Gasteiger partial charge < -0.3 is 14.7 Å². The summed E-state index contributed by atoms with van der Waals surface area (Å²) in [5, 5.41) is 9.12. The number of nitrogens with zero attached hydrogens (tertiary/aromatic N) is 1. The quantitative estimate of drug-likeness (QED) is 0.911. The number of halogens is 1. The second-order valence-corrected chi connectivity index (χ2v) is 4.39. The van der Waals surface area contributed by atoms with Gasteiger partial charge in [0.05, 0.1) is 13.0 Å². The highest BCUT2D eigenvalue weighted by Crippen LogP contribution is 2.30. The molecule has 1 aliphatic heterocycles. The molecular weight excluding hydrogens is 258 g/mol. The first kappa shape index (κ1) is 12.7. The van der Waals surface area contributed by atoms with Crippen LogP contribution in [0, 0.1) is 0 Å². The molecule has 2 rings (SSSR count). The lowest BCUT2D eigenvalue weighted by molar-refractivity contribution is -0.137. The van der Waals surface area contributed by atoms with Crippen LogP contribution in [-0.2, 0) is 9.53 Å². The summed E-state index contributed by atoms with van der Waals surface area (Å²) >= 11 is 6.02. The molecular formula is C12H12ClNO4. The third kappa shape index (κ3) is 2.73. The normalized spacial score (nSPS) is 18.8. The van der Waals surface area contributed by atoms with E-state index in [1.165, 1.54) is 4.90 Å². The number of cyclic esters (lactones) is 1. The van der Waals surface area contributed by atoms with E-state index in [-0.39, 0.29) is 13.0 Å². The molecule has 1 N–H and O–H groups in total. The van der Waals surface area contributed by atoms with Crippen molar-refractivity contribution in [2.24, 2.45) is 0 Å². The monoisotopic (exact) mass is 269 g/mol. The maximum atomic E-state index is 11.5. The molecule has 0 saturated carbocycles. The number of hydrogen-bond acceptors (Lipinski definition) is 3. The van der Waals surface area contributed by atoms with Gasteiger partial charge in [0, 0.05) is 17.1 Å². The predicted molar refractivity (Wildman–Crippen MR) is 64.5 cm³/mol. The molecule has 18 heavy (non-hydrogen) atoms. The Morgan fingerprint density at radius 2 is 2.22 bits per heavy atom. The van der Waals surface area contributed by atoms with E-state index < -0.39 is 18.2 Å². The molecule has 96 valence electrons. The first-order chi connectivity index (χ1) is 8.58. The van der Waals surface area contributed by atoms with Crippen LogP contribution < -0.4 is 0 Å². The molecule has 0 radical (unpaired) electrons. The number of amides is 1. The lowest BCUT2D eigenvalue weighted by atomic mass is 10.1. The molecule has 1 unspecified atom stereocenters. The standard InChI is InChI=1S/C12H12ClNO4/c13-9-4-2-1-3-8(9)10-7-14(12(17)18-10)6-5-11(15)16/h1-4,10H,5-7H2,(H,15,16). The van der Waals surface area contributed by atoms with Crippen molar-refractivity contribution in [2.45, 2.75) is 12.5 Å². The molecule has 1 atom stereocenters. The summed E-state index contributed by atoms with van der Waals surface area (Å²) in [7, 11) is 0. The number of carboxylic acids is 1. The first-order valence-electron chi connectivity index (χ1n) is 5.49. The number of carbonyl (C=O) groups is 2. The van der Waals surface area contributed by atoms with Crippen molar-refractivity contribution in [3.63, 3.8) is 0 Å². The van der Waals surface area contributed by atoms with Gasteiger partial charge in [0.2, 0.25) is 0 Å². The number of carbonyl (C=O) groups excluding carboxylic acids is 1. The van der Waals surface area contributed by atoms with Crippen molar-refractivity contribution in [3.05, 3.63) is 34.9 Å². The Balaban J connectivity index is 2.04. The fourth-order valence-corrected chi connectivity index (χ4v) is 2.08. The zero-order valence-corrected chi connectivity index (χ0v) is 10.3. The number of ether oxygens (including phenoxy) is 1. The molecule has 1 saturated heterocycles. The molecule has 0 aromatic heterocycles. The van der Waals surface area contributed by atoms with Crippen LogP contribution in [0.3, 0.4) is 0 Å². The molecule has 5 nitrogen and oxygen atoms in total. The smallest absolute Gasteiger partial charge is 0.410 e. The lowest BCUT2D eigenvalue weighted by Crippen LogP contribution is -2.27. The summed E-state index contributed by atoms with van der Waals surface area (Å²) in [4.78, 5) is 23.4. The highest BCUT2D eigenvalue weighted by atomic mass is 35.5. The molecule has 1 aliphatic rings. The maximum absolute atomic E-state index is 11.5. The minimum absolute atomic E-state index is 0.0929. The van der Waals surface area contributed by atoms with E-state index in [4.69, 9.17) is 21.4 Å². The Bertz CT molecular complexity index is 477. The van der Waals surface area contributed by atoms with Crippen LogP contribution in [-0.4, -0.2) is 35.2 Å². The first-order valence-corrected chi connectivity index (χ1v) is 5.87. The second kappa shape index (κ2) is 5.27. The van der Waals surface area contributed by atoms with Crippen molar-refractivity contribution in [1.29, 1.82) is 0 Å². The van der Waals surface area contributed by atoms with Crippen LogP contribution in [0.2, 0.25) is 5.02 Å². The Morgan fingerprint density at radius 1 is 1.50 bits per heavy atom. The summed E-state index contributed by atoms with van der Waals surface area (Å²) < 4.78 is 5.18. The summed E-state index contributed by atoms with van der Waals surface area (Å²) in [6, 6.07) is 7.13. The molecule has 1 fully saturated rings. The zero-order chi connectivity index (χ0) is 13.1. The van der Waals surface area contributed by atoms with Crippen molar-refractivity contribution >= 4 is 23.7 Å². The van der Waals surface area contributed by atoms with E-state index >= 15 is 0 Å². The van der Waals surface area contributed by atoms with E-state index in [9.17, 15) is 9.59 Å². The summed E-state index contributed by atoms with van der Waals surface area (Å²) in [6.07, 6.45) is -1.02. The topological polar surface area (TPSA) is 66.8 Å². The highest BCUT2D eigenvalue weighted by molar-refractivity contribution is 6.31. The summed E-state index contributed by atoms with van der Waals surface area (Å²) in [6.45, 7) is 0.477. The minimum atomic E-state index is -0.941. The minimum Gasteiger partial charge on any atom is -0.481 e. The van der Waals surface area contributed by atoms with Gasteiger partial charge in [0.25, 0.3) is 0 Å². The number of benzene rings is 1. The third-order valence-corrected chi connectivity index (χ3v) is 3.08. The van der Waals surface area contributed by atoms with Gasteiger partial charge in [-0.25, -0.2) is 4.79 Å². The highest BCUT2D eigenvalue weighted by Gasteiger charge is 2.33. The van der Waals surface area contributed by atoms with Crippen LogP contribution in [0.1, 0.15) is 18.1 Å². The van der Waals surface area contributed by atoms with Gasteiger partial charge in [-0.15, -0.1) is 0 Å². The lowest BCUT2D eigenvalue weighted by Gasteiger charge is -2.11. The molecule has 1 amide bonds. The largest absolute Gasteiger partial charge is 0.481 e. The Labute approximate surface area is 109 Å². The molecule has 0 spiro atoms. The Morgan fingerprint density at radius 3 is 2.89 bits per heavy atom. The van der Waals surface area contributed by atoms with Gasteiger partial charge in [-0.05, 0) is 6.07 Å². The third-order valence-electron chi connectivity index (χ3n) is 2.74. The van der Waals surface area contributed by atoms with Crippen LogP contribution >= 0.6 is 11.6 Å². The van der Waals surface area contributed by atoms with Crippen LogP contribution in [0.5, 0.6) is 0 Å². The van der Waals surface area contributed by atoms with Gasteiger partial charge in [0.15, 0.2) is 0 Å². The average Bonchev–Trinajstić information content (AvgIpc) is 2.68. The number of aliphatic carboxylic acids is 1. The van der Waals surface area contributed by atoms with Crippen LogP contribution in [0.15, 0.2) is 24.3 Å². The molecule has 0 bridgehead atoms. The maximum Gasteiger partial charge on any atom is 0.410 e. The molecule has 1 aromatic carbocycles. The van der Waals surface area contributed by atoms with Gasteiger partial charge in [-0.1, -0.05) is 29.8 Å². The van der Waals surface area contributed by atoms with Gasteiger partial charge in [0.1, 0.15) is 6.10 Å². The predicted octanol–water partition coefficient (Wildman–Crippen LogP) is 2.31. The Kier molecular flexibility index (Phi) is 3.72. The van der Waals surface area contributed by atoms with E-state index in [1.54, 1.807) is 18.2 Å². The van der Waals surface area contributed by atoms with E-state index in [1.807, 2.05) is 6.07 Å². The second-order valence-electron chi connectivity index (χ2n) is 3.98. The van der Waals surface area contributed by atoms with Crippen molar-refractivity contribution < 1.29 is 19.4 Å². The summed E-state index contributed by atoms with van der Waals surface area (Å²) in [5.41, 5.74) is 0.741. The Hall–Kier alpha value is -1.75. The molecule has 1 aromatic rings. The van der Waals surface area contributed by atoms with Crippen molar-refractivity contribution in [1.82, 2.24) is 4.90 Å². The molecule has 1 heterocycles. The number of rotatable bonds is 4. The van der Waals surface area contributed by atoms with E-state index in [0.717, 1.165) is 5.56 Å².